The van der Waals surface area contributed by atoms with Crippen LogP contribution in [-0.2, 0) is 4.79 Å². The topological polar surface area (TPSA) is 89.6 Å². The van der Waals surface area contributed by atoms with Crippen LogP contribution in [0.4, 0.5) is 0 Å². The van der Waals surface area contributed by atoms with Gasteiger partial charge in [-0.2, -0.15) is 0 Å². The SMILES string of the molecule is CC(Oc1ccc(-c2cnc3cnccn23)cn1)C(=O)O. The van der Waals surface area contributed by atoms with E-state index in [9.17, 15) is 4.79 Å². The Morgan fingerprint density at radius 1 is 1.29 bits per heavy atom. The van der Waals surface area contributed by atoms with Crippen molar-refractivity contribution < 1.29 is 14.6 Å². The lowest BCUT2D eigenvalue weighted by Gasteiger charge is -2.09. The molecule has 0 aliphatic rings. The van der Waals surface area contributed by atoms with Gasteiger partial charge in [-0.1, -0.05) is 0 Å². The van der Waals surface area contributed by atoms with Crippen molar-refractivity contribution in [2.75, 3.05) is 0 Å². The van der Waals surface area contributed by atoms with Gasteiger partial charge in [0, 0.05) is 30.2 Å². The fraction of sp³-hybridized carbons (Fsp3) is 0.143. The quantitative estimate of drug-likeness (QED) is 0.783. The van der Waals surface area contributed by atoms with Crippen LogP contribution >= 0.6 is 0 Å². The summed E-state index contributed by atoms with van der Waals surface area (Å²) in [5, 5.41) is 8.80. The highest BCUT2D eigenvalue weighted by molar-refractivity contribution is 5.72. The Kier molecular flexibility index (Phi) is 3.23. The fourth-order valence-electron chi connectivity index (χ4n) is 1.89. The second kappa shape index (κ2) is 5.20. The first-order chi connectivity index (χ1) is 10.1. The molecule has 1 N–H and O–H groups in total. The monoisotopic (exact) mass is 284 g/mol. The minimum atomic E-state index is -1.03. The van der Waals surface area contributed by atoms with E-state index in [-0.39, 0.29) is 5.88 Å². The summed E-state index contributed by atoms with van der Waals surface area (Å²) in [5.74, 6) is -0.765. The first-order valence-electron chi connectivity index (χ1n) is 6.28. The molecule has 3 aromatic rings. The first-order valence-corrected chi connectivity index (χ1v) is 6.28. The number of carboxylic acids is 1. The van der Waals surface area contributed by atoms with Gasteiger partial charge in [0.15, 0.2) is 11.8 Å². The molecule has 0 bridgehead atoms. The number of pyridine rings is 1. The molecule has 3 aromatic heterocycles. The van der Waals surface area contributed by atoms with Gasteiger partial charge in [-0.25, -0.2) is 14.8 Å². The highest BCUT2D eigenvalue weighted by Gasteiger charge is 2.13. The molecule has 1 unspecified atom stereocenters. The van der Waals surface area contributed by atoms with E-state index in [1.165, 1.54) is 6.92 Å². The number of carboxylic acid groups (broad SMARTS) is 1. The molecule has 0 aromatic carbocycles. The number of ether oxygens (including phenoxy) is 1. The number of aromatic nitrogens is 4. The molecule has 0 radical (unpaired) electrons. The van der Waals surface area contributed by atoms with E-state index >= 15 is 0 Å². The van der Waals surface area contributed by atoms with Crippen LogP contribution in [-0.4, -0.2) is 36.5 Å². The molecule has 3 heterocycles. The van der Waals surface area contributed by atoms with E-state index in [4.69, 9.17) is 9.84 Å². The van der Waals surface area contributed by atoms with Crippen LogP contribution in [0.2, 0.25) is 0 Å². The van der Waals surface area contributed by atoms with E-state index in [0.29, 0.717) is 0 Å². The van der Waals surface area contributed by atoms with Crippen molar-refractivity contribution >= 4 is 11.6 Å². The predicted octanol–water partition coefficient (Wildman–Crippen LogP) is 1.64. The van der Waals surface area contributed by atoms with Crippen molar-refractivity contribution in [2.45, 2.75) is 13.0 Å². The third-order valence-corrected chi connectivity index (χ3v) is 2.99. The van der Waals surface area contributed by atoms with Crippen molar-refractivity contribution in [2.24, 2.45) is 0 Å². The van der Waals surface area contributed by atoms with Crippen LogP contribution in [0.15, 0.2) is 43.1 Å². The summed E-state index contributed by atoms with van der Waals surface area (Å²) in [5.41, 5.74) is 2.47. The number of fused-ring (bicyclic) bond motifs is 1. The first kappa shape index (κ1) is 13.0. The summed E-state index contributed by atoms with van der Waals surface area (Å²) in [6.07, 6.45) is 7.57. The minimum Gasteiger partial charge on any atom is -0.479 e. The van der Waals surface area contributed by atoms with Gasteiger partial charge in [0.05, 0.1) is 18.1 Å². The van der Waals surface area contributed by atoms with Gasteiger partial charge in [-0.3, -0.25) is 9.38 Å². The molecule has 1 atom stereocenters. The molecule has 7 heteroatoms. The highest BCUT2D eigenvalue weighted by atomic mass is 16.5. The molecule has 0 aliphatic heterocycles. The average Bonchev–Trinajstić information content (AvgIpc) is 2.92. The van der Waals surface area contributed by atoms with Gasteiger partial charge in [-0.05, 0) is 13.0 Å². The largest absolute Gasteiger partial charge is 0.479 e. The van der Waals surface area contributed by atoms with E-state index in [2.05, 4.69) is 15.0 Å². The van der Waals surface area contributed by atoms with Gasteiger partial charge >= 0.3 is 5.97 Å². The van der Waals surface area contributed by atoms with Crippen molar-refractivity contribution in [1.82, 2.24) is 19.4 Å². The van der Waals surface area contributed by atoms with Crippen molar-refractivity contribution in [3.8, 4) is 17.1 Å². The molecular weight excluding hydrogens is 272 g/mol. The van der Waals surface area contributed by atoms with Crippen LogP contribution in [0, 0.1) is 0 Å². The smallest absolute Gasteiger partial charge is 0.344 e. The molecule has 0 aliphatic carbocycles. The highest BCUT2D eigenvalue weighted by Crippen LogP contribution is 2.21. The molecule has 0 amide bonds. The minimum absolute atomic E-state index is 0.268. The van der Waals surface area contributed by atoms with Gasteiger partial charge in [-0.15, -0.1) is 0 Å². The molecule has 0 saturated heterocycles. The number of imidazole rings is 1. The zero-order chi connectivity index (χ0) is 14.8. The number of hydrogen-bond acceptors (Lipinski definition) is 5. The van der Waals surface area contributed by atoms with E-state index in [0.717, 1.165) is 16.9 Å². The van der Waals surface area contributed by atoms with Gasteiger partial charge in [0.2, 0.25) is 5.88 Å². The Hall–Kier alpha value is -2.96. The number of aliphatic carboxylic acids is 1. The summed E-state index contributed by atoms with van der Waals surface area (Å²) < 4.78 is 7.09. The lowest BCUT2D eigenvalue weighted by molar-refractivity contribution is -0.144. The number of nitrogens with zero attached hydrogens (tertiary/aromatic N) is 4. The second-order valence-corrected chi connectivity index (χ2v) is 4.43. The third-order valence-electron chi connectivity index (χ3n) is 2.99. The molecule has 0 fully saturated rings. The normalized spacial score (nSPS) is 12.2. The average molecular weight is 284 g/mol. The molecule has 21 heavy (non-hydrogen) atoms. The molecule has 0 saturated carbocycles. The number of hydrogen-bond donors (Lipinski definition) is 1. The molecule has 106 valence electrons. The van der Waals surface area contributed by atoms with Crippen molar-refractivity contribution in [1.29, 1.82) is 0 Å². The molecule has 0 spiro atoms. The van der Waals surface area contributed by atoms with Crippen LogP contribution in [0.3, 0.4) is 0 Å². The van der Waals surface area contributed by atoms with Gasteiger partial charge < -0.3 is 9.84 Å². The number of carbonyl (C=O) groups is 1. The third kappa shape index (κ3) is 2.53. The molecular formula is C14H12N4O3. The van der Waals surface area contributed by atoms with Crippen LogP contribution in [0.5, 0.6) is 5.88 Å². The van der Waals surface area contributed by atoms with Crippen LogP contribution in [0.25, 0.3) is 16.9 Å². The molecule has 7 nitrogen and oxygen atoms in total. The second-order valence-electron chi connectivity index (χ2n) is 4.43. The Morgan fingerprint density at radius 2 is 2.14 bits per heavy atom. The maximum absolute atomic E-state index is 10.7. The fourth-order valence-corrected chi connectivity index (χ4v) is 1.89. The van der Waals surface area contributed by atoms with E-state index in [1.54, 1.807) is 36.9 Å². The van der Waals surface area contributed by atoms with Crippen LogP contribution < -0.4 is 4.74 Å². The Bertz CT molecular complexity index is 782. The van der Waals surface area contributed by atoms with Crippen molar-refractivity contribution in [3.63, 3.8) is 0 Å². The maximum atomic E-state index is 10.7. The Balaban J connectivity index is 1.89. The van der Waals surface area contributed by atoms with E-state index < -0.39 is 12.1 Å². The zero-order valence-corrected chi connectivity index (χ0v) is 11.2. The summed E-state index contributed by atoms with van der Waals surface area (Å²) in [4.78, 5) is 23.1. The zero-order valence-electron chi connectivity index (χ0n) is 11.2. The lowest BCUT2D eigenvalue weighted by Crippen LogP contribution is -2.23. The Labute approximate surface area is 119 Å². The van der Waals surface area contributed by atoms with Gasteiger partial charge in [0.25, 0.3) is 0 Å². The van der Waals surface area contributed by atoms with E-state index in [1.807, 2.05) is 10.6 Å². The maximum Gasteiger partial charge on any atom is 0.344 e. The van der Waals surface area contributed by atoms with Gasteiger partial charge in [0.1, 0.15) is 0 Å². The van der Waals surface area contributed by atoms with Crippen LogP contribution in [0.1, 0.15) is 6.92 Å². The summed E-state index contributed by atoms with van der Waals surface area (Å²) in [7, 11) is 0. The number of rotatable bonds is 4. The summed E-state index contributed by atoms with van der Waals surface area (Å²) in [6.45, 7) is 1.45. The lowest BCUT2D eigenvalue weighted by atomic mass is 10.2. The standard InChI is InChI=1S/C14H12N4O3/c1-9(14(19)20)21-13-3-2-10(6-17-13)11-7-16-12-8-15-4-5-18(11)12/h2-9H,1H3,(H,19,20). The Morgan fingerprint density at radius 3 is 2.86 bits per heavy atom. The predicted molar refractivity (Wildman–Crippen MR) is 73.9 cm³/mol. The van der Waals surface area contributed by atoms with Crippen molar-refractivity contribution in [3.05, 3.63) is 43.1 Å². The summed E-state index contributed by atoms with van der Waals surface area (Å²) in [6, 6.07) is 3.44. The summed E-state index contributed by atoms with van der Waals surface area (Å²) >= 11 is 0. The molecule has 3 rings (SSSR count).